The second kappa shape index (κ2) is 4.47. The SMILES string of the molecule is CC1CSC/C1=N\NC(=O)CO. The number of aliphatic hydroxyl groups is 1. The van der Waals surface area contributed by atoms with Gasteiger partial charge in [0.25, 0.3) is 5.91 Å². The Labute approximate surface area is 75.4 Å². The quantitative estimate of drug-likeness (QED) is 0.592. The van der Waals surface area contributed by atoms with Gasteiger partial charge < -0.3 is 5.11 Å². The van der Waals surface area contributed by atoms with E-state index in [-0.39, 0.29) is 0 Å². The van der Waals surface area contributed by atoms with Gasteiger partial charge in [0.05, 0.1) is 5.71 Å². The van der Waals surface area contributed by atoms with Crippen LogP contribution in [0.25, 0.3) is 0 Å². The molecule has 0 aromatic heterocycles. The van der Waals surface area contributed by atoms with E-state index in [0.29, 0.717) is 5.92 Å². The van der Waals surface area contributed by atoms with Gasteiger partial charge in [0, 0.05) is 17.4 Å². The Bertz CT molecular complexity index is 206. The molecule has 1 fully saturated rings. The number of thioether (sulfide) groups is 1. The van der Waals surface area contributed by atoms with Crippen molar-refractivity contribution in [2.24, 2.45) is 11.0 Å². The first kappa shape index (κ1) is 9.54. The molecule has 1 heterocycles. The summed E-state index contributed by atoms with van der Waals surface area (Å²) in [4.78, 5) is 10.6. The van der Waals surface area contributed by atoms with Gasteiger partial charge in [-0.1, -0.05) is 6.92 Å². The standard InChI is InChI=1S/C7H12N2O2S/c1-5-3-12-4-6(5)8-9-7(11)2-10/h5,10H,2-4H2,1H3,(H,9,11)/b8-6+. The zero-order valence-corrected chi connectivity index (χ0v) is 7.73. The lowest BCUT2D eigenvalue weighted by atomic mass is 10.1. The Balaban J connectivity index is 2.40. The number of carbonyl (C=O) groups excluding carboxylic acids is 1. The number of aliphatic hydroxyl groups excluding tert-OH is 1. The minimum Gasteiger partial charge on any atom is -0.386 e. The van der Waals surface area contributed by atoms with Gasteiger partial charge in [0.2, 0.25) is 0 Å². The fraction of sp³-hybridized carbons (Fsp3) is 0.714. The molecule has 0 spiro atoms. The number of amides is 1. The predicted molar refractivity (Wildman–Crippen MR) is 49.2 cm³/mol. The smallest absolute Gasteiger partial charge is 0.265 e. The molecule has 1 unspecified atom stereocenters. The van der Waals surface area contributed by atoms with Gasteiger partial charge in [-0.3, -0.25) is 4.79 Å². The van der Waals surface area contributed by atoms with E-state index < -0.39 is 12.5 Å². The highest BCUT2D eigenvalue weighted by Crippen LogP contribution is 2.20. The molecule has 1 aliphatic heterocycles. The van der Waals surface area contributed by atoms with Crippen LogP contribution in [0.4, 0.5) is 0 Å². The van der Waals surface area contributed by atoms with Crippen molar-refractivity contribution in [3.63, 3.8) is 0 Å². The first-order valence-electron chi connectivity index (χ1n) is 3.78. The van der Waals surface area contributed by atoms with Crippen molar-refractivity contribution in [3.05, 3.63) is 0 Å². The lowest BCUT2D eigenvalue weighted by molar-refractivity contribution is -0.123. The Morgan fingerprint density at radius 3 is 3.17 bits per heavy atom. The van der Waals surface area contributed by atoms with Gasteiger partial charge in [-0.25, -0.2) is 5.43 Å². The number of hydrazone groups is 1. The molecule has 1 saturated heterocycles. The first-order valence-corrected chi connectivity index (χ1v) is 4.93. The zero-order chi connectivity index (χ0) is 8.97. The summed E-state index contributed by atoms with van der Waals surface area (Å²) in [5.74, 6) is 1.93. The first-order chi connectivity index (χ1) is 5.74. The van der Waals surface area contributed by atoms with Crippen molar-refractivity contribution in [1.29, 1.82) is 0 Å². The summed E-state index contributed by atoms with van der Waals surface area (Å²) in [5, 5.41) is 12.3. The lowest BCUT2D eigenvalue weighted by Gasteiger charge is -2.01. The van der Waals surface area contributed by atoms with E-state index in [2.05, 4.69) is 17.5 Å². The number of hydrogen-bond donors (Lipinski definition) is 2. The molecule has 0 bridgehead atoms. The summed E-state index contributed by atoms with van der Waals surface area (Å²) in [6.45, 7) is 1.57. The average Bonchev–Trinajstić information content (AvgIpc) is 2.47. The molecular formula is C7H12N2O2S. The van der Waals surface area contributed by atoms with Crippen molar-refractivity contribution < 1.29 is 9.90 Å². The summed E-state index contributed by atoms with van der Waals surface area (Å²) in [7, 11) is 0. The van der Waals surface area contributed by atoms with Crippen LogP contribution in [-0.2, 0) is 4.79 Å². The van der Waals surface area contributed by atoms with E-state index in [0.717, 1.165) is 17.2 Å². The molecule has 4 nitrogen and oxygen atoms in total. The van der Waals surface area contributed by atoms with Crippen molar-refractivity contribution in [2.45, 2.75) is 6.92 Å². The van der Waals surface area contributed by atoms with E-state index in [1.54, 1.807) is 11.8 Å². The van der Waals surface area contributed by atoms with Gasteiger partial charge >= 0.3 is 0 Å². The number of carbonyl (C=O) groups is 1. The Kier molecular flexibility index (Phi) is 3.55. The van der Waals surface area contributed by atoms with E-state index in [4.69, 9.17) is 5.11 Å². The van der Waals surface area contributed by atoms with E-state index >= 15 is 0 Å². The molecule has 12 heavy (non-hydrogen) atoms. The highest BCUT2D eigenvalue weighted by Gasteiger charge is 2.18. The highest BCUT2D eigenvalue weighted by molar-refractivity contribution is 8.00. The van der Waals surface area contributed by atoms with Crippen molar-refractivity contribution in [3.8, 4) is 0 Å². The van der Waals surface area contributed by atoms with Gasteiger partial charge in [-0.2, -0.15) is 16.9 Å². The van der Waals surface area contributed by atoms with Gasteiger partial charge in [0.15, 0.2) is 0 Å². The summed E-state index contributed by atoms with van der Waals surface area (Å²) >= 11 is 1.80. The molecule has 1 aliphatic rings. The Hall–Kier alpha value is -0.550. The lowest BCUT2D eigenvalue weighted by Crippen LogP contribution is -2.24. The maximum Gasteiger partial charge on any atom is 0.265 e. The molecule has 2 N–H and O–H groups in total. The third-order valence-electron chi connectivity index (χ3n) is 1.65. The molecule has 0 aromatic rings. The van der Waals surface area contributed by atoms with Crippen LogP contribution in [0.15, 0.2) is 5.10 Å². The summed E-state index contributed by atoms with van der Waals surface area (Å²) < 4.78 is 0. The largest absolute Gasteiger partial charge is 0.386 e. The summed E-state index contributed by atoms with van der Waals surface area (Å²) in [6.07, 6.45) is 0. The van der Waals surface area contributed by atoms with Crippen LogP contribution in [-0.4, -0.2) is 34.8 Å². The van der Waals surface area contributed by atoms with Crippen LogP contribution in [0.3, 0.4) is 0 Å². The minimum absolute atomic E-state index is 0.439. The molecule has 68 valence electrons. The second-order valence-electron chi connectivity index (χ2n) is 2.71. The topological polar surface area (TPSA) is 61.7 Å². The predicted octanol–water partition coefficient (Wildman–Crippen LogP) is -0.166. The summed E-state index contributed by atoms with van der Waals surface area (Å²) in [6, 6.07) is 0. The molecular weight excluding hydrogens is 176 g/mol. The van der Waals surface area contributed by atoms with Crippen LogP contribution in [0.2, 0.25) is 0 Å². The van der Waals surface area contributed by atoms with Crippen LogP contribution in [0, 0.1) is 5.92 Å². The van der Waals surface area contributed by atoms with E-state index in [9.17, 15) is 4.79 Å². The maximum absolute atomic E-state index is 10.6. The molecule has 0 saturated carbocycles. The van der Waals surface area contributed by atoms with Gasteiger partial charge in [-0.05, 0) is 0 Å². The normalized spacial score (nSPS) is 26.2. The Morgan fingerprint density at radius 2 is 2.67 bits per heavy atom. The van der Waals surface area contributed by atoms with Gasteiger partial charge in [-0.15, -0.1) is 0 Å². The molecule has 1 atom stereocenters. The fourth-order valence-electron chi connectivity index (χ4n) is 0.891. The molecule has 0 radical (unpaired) electrons. The van der Waals surface area contributed by atoms with Crippen molar-refractivity contribution >= 4 is 23.4 Å². The summed E-state index contributed by atoms with van der Waals surface area (Å²) in [5.41, 5.74) is 3.29. The number of nitrogens with zero attached hydrogens (tertiary/aromatic N) is 1. The number of hydrogen-bond acceptors (Lipinski definition) is 4. The van der Waals surface area contributed by atoms with E-state index in [1.165, 1.54) is 0 Å². The number of rotatable bonds is 2. The average molecular weight is 188 g/mol. The van der Waals surface area contributed by atoms with Crippen LogP contribution in [0.1, 0.15) is 6.92 Å². The highest BCUT2D eigenvalue weighted by atomic mass is 32.2. The van der Waals surface area contributed by atoms with Crippen molar-refractivity contribution in [2.75, 3.05) is 18.1 Å². The molecule has 0 aromatic carbocycles. The maximum atomic E-state index is 10.6. The van der Waals surface area contributed by atoms with Crippen LogP contribution >= 0.6 is 11.8 Å². The monoisotopic (exact) mass is 188 g/mol. The van der Waals surface area contributed by atoms with Crippen LogP contribution in [0.5, 0.6) is 0 Å². The van der Waals surface area contributed by atoms with Crippen LogP contribution < -0.4 is 5.43 Å². The second-order valence-corrected chi connectivity index (χ2v) is 3.74. The third kappa shape index (κ3) is 2.49. The number of nitrogens with one attached hydrogen (secondary N) is 1. The molecule has 0 aliphatic carbocycles. The third-order valence-corrected chi connectivity index (χ3v) is 2.89. The molecule has 1 amide bonds. The Morgan fingerprint density at radius 1 is 1.92 bits per heavy atom. The van der Waals surface area contributed by atoms with Gasteiger partial charge in [0.1, 0.15) is 6.61 Å². The minimum atomic E-state index is -0.502. The zero-order valence-electron chi connectivity index (χ0n) is 6.91. The van der Waals surface area contributed by atoms with Crippen molar-refractivity contribution in [1.82, 2.24) is 5.43 Å². The van der Waals surface area contributed by atoms with E-state index in [1.807, 2.05) is 0 Å². The fourth-order valence-corrected chi connectivity index (χ4v) is 2.11. The molecule has 5 heteroatoms. The molecule has 1 rings (SSSR count).